The van der Waals surface area contributed by atoms with E-state index in [4.69, 9.17) is 32.8 Å². The summed E-state index contributed by atoms with van der Waals surface area (Å²) in [5.74, 6) is -4.05. The molecule has 0 bridgehead atoms. The molecule has 0 spiro atoms. The third-order valence-electron chi connectivity index (χ3n) is 9.37. The van der Waals surface area contributed by atoms with Gasteiger partial charge in [0.1, 0.15) is 84.0 Å². The zero-order chi connectivity index (χ0) is 39.3. The van der Waals surface area contributed by atoms with Gasteiger partial charge in [0.05, 0.1) is 30.9 Å². The first-order valence-electron chi connectivity index (χ1n) is 16.5. The van der Waals surface area contributed by atoms with E-state index in [-0.39, 0.29) is 22.3 Å². The van der Waals surface area contributed by atoms with E-state index in [9.17, 15) is 71.5 Å². The number of phenols is 4. The maximum absolute atomic E-state index is 10.9. The van der Waals surface area contributed by atoms with E-state index in [1.165, 1.54) is 6.92 Å². The molecule has 14 N–H and O–H groups in total. The SMILES string of the molecule is C[C@@H]1O[C@@H](OC[C@H]2O[C@@H](Oc3cc4c(O)cc(O)cc4[o+]c3-c3cc(O)c(O)c(O[C@@H]4O[C@H](CO)[C@@H](O)[C@H](O)[C@H]4O)c3)[C@H](O)[C@@H](O)[C@@H]2O)[C@H](O)[C@H](O)[C@H]1O. The van der Waals surface area contributed by atoms with E-state index in [1.54, 1.807) is 0 Å². The molecule has 3 aliphatic heterocycles. The number of fused-ring (bicyclic) bond motifs is 1. The van der Waals surface area contributed by atoms with Gasteiger partial charge in [-0.2, -0.15) is 0 Å². The molecule has 3 aliphatic rings. The van der Waals surface area contributed by atoms with Gasteiger partial charge in [0, 0.05) is 24.3 Å². The van der Waals surface area contributed by atoms with Crippen LogP contribution < -0.4 is 9.47 Å². The van der Waals surface area contributed by atoms with Gasteiger partial charge in [-0.3, -0.25) is 0 Å². The van der Waals surface area contributed by atoms with E-state index < -0.39 is 140 Å². The Balaban J connectivity index is 1.33. The average molecular weight is 774 g/mol. The number of aromatic hydroxyl groups is 4. The number of ether oxygens (including phenoxy) is 6. The second-order valence-corrected chi connectivity index (χ2v) is 13.1. The Bertz CT molecular complexity index is 1790. The van der Waals surface area contributed by atoms with Gasteiger partial charge in [-0.1, -0.05) is 0 Å². The quantitative estimate of drug-likeness (QED) is 0.0738. The standard InChI is InChI=1S/C33H40O21/c1-9-20(38)24(42)27(45)31(49-9)48-8-19-23(41)26(44)29(47)33(54-19)52-17-6-12-13(36)4-11(35)5-15(12)50-30(17)10-2-14(37)21(39)16(3-10)51-32-28(46)25(43)22(40)18(7-34)53-32/h2-6,9,18-20,22-29,31-34,38,40-47H,7-8H2,1H3,(H3-,35,36,37,39)/p+1/t9-,18+,19+,20-,22+,23+,24+,25-,26-,27+,28+,29+,31+,32+,33+/m0/s1. The summed E-state index contributed by atoms with van der Waals surface area (Å²) >= 11 is 0. The lowest BCUT2D eigenvalue weighted by atomic mass is 9.98. The van der Waals surface area contributed by atoms with E-state index >= 15 is 0 Å². The molecular weight excluding hydrogens is 732 g/mol. The zero-order valence-corrected chi connectivity index (χ0v) is 28.1. The monoisotopic (exact) mass is 773 g/mol. The molecule has 21 heteroatoms. The Labute approximate surface area is 303 Å². The molecule has 0 unspecified atom stereocenters. The van der Waals surface area contributed by atoms with Crippen molar-refractivity contribution in [2.45, 2.75) is 99.0 Å². The number of hydrogen-bond donors (Lipinski definition) is 14. The Morgan fingerprint density at radius 3 is 1.81 bits per heavy atom. The summed E-state index contributed by atoms with van der Waals surface area (Å²) in [7, 11) is 0. The molecule has 15 atom stereocenters. The maximum Gasteiger partial charge on any atom is 0.402 e. The molecule has 3 aromatic rings. The van der Waals surface area contributed by atoms with E-state index in [0.717, 1.165) is 30.3 Å². The number of aliphatic hydroxyl groups is 10. The van der Waals surface area contributed by atoms with Crippen molar-refractivity contribution >= 4 is 11.0 Å². The second-order valence-electron chi connectivity index (χ2n) is 13.1. The lowest BCUT2D eigenvalue weighted by Gasteiger charge is -2.42. The van der Waals surface area contributed by atoms with E-state index in [2.05, 4.69) is 0 Å². The smallest absolute Gasteiger partial charge is 0.402 e. The van der Waals surface area contributed by atoms with E-state index in [0.29, 0.717) is 0 Å². The molecule has 21 nitrogen and oxygen atoms in total. The topological polar surface area (TPSA) is 350 Å². The summed E-state index contributed by atoms with van der Waals surface area (Å²) in [5, 5.41) is 145. The molecule has 0 amide bonds. The highest BCUT2D eigenvalue weighted by Gasteiger charge is 2.49. The van der Waals surface area contributed by atoms with Gasteiger partial charge >= 0.3 is 11.3 Å². The normalized spacial score (nSPS) is 37.3. The van der Waals surface area contributed by atoms with Crippen molar-refractivity contribution in [3.05, 3.63) is 30.3 Å². The molecule has 3 saturated heterocycles. The van der Waals surface area contributed by atoms with Crippen molar-refractivity contribution in [1.82, 2.24) is 0 Å². The van der Waals surface area contributed by atoms with Crippen LogP contribution in [0.15, 0.2) is 34.7 Å². The van der Waals surface area contributed by atoms with Crippen LogP contribution >= 0.6 is 0 Å². The van der Waals surface area contributed by atoms with Crippen LogP contribution in [0.4, 0.5) is 0 Å². The molecule has 0 radical (unpaired) electrons. The molecule has 0 aliphatic carbocycles. The molecule has 6 rings (SSSR count). The molecule has 298 valence electrons. The van der Waals surface area contributed by atoms with Crippen LogP contribution in [0.1, 0.15) is 6.92 Å². The minimum atomic E-state index is -1.97. The summed E-state index contributed by atoms with van der Waals surface area (Å²) in [4.78, 5) is 0. The summed E-state index contributed by atoms with van der Waals surface area (Å²) in [6.45, 7) is -0.00765. The van der Waals surface area contributed by atoms with Crippen LogP contribution in [0, 0.1) is 0 Å². The fourth-order valence-corrected chi connectivity index (χ4v) is 6.19. The molecule has 54 heavy (non-hydrogen) atoms. The van der Waals surface area contributed by atoms with Crippen LogP contribution in [0.2, 0.25) is 0 Å². The third kappa shape index (κ3) is 7.52. The van der Waals surface area contributed by atoms with Crippen molar-refractivity contribution in [3.8, 4) is 45.8 Å². The van der Waals surface area contributed by atoms with Crippen molar-refractivity contribution in [2.24, 2.45) is 0 Å². The first-order chi connectivity index (χ1) is 25.5. The summed E-state index contributed by atoms with van der Waals surface area (Å²) < 4.78 is 39.4. The highest BCUT2D eigenvalue weighted by atomic mass is 16.7. The van der Waals surface area contributed by atoms with Crippen molar-refractivity contribution in [2.75, 3.05) is 13.2 Å². The summed E-state index contributed by atoms with van der Waals surface area (Å²) in [6.07, 6.45) is -25.1. The van der Waals surface area contributed by atoms with Crippen LogP contribution in [-0.4, -0.2) is 177 Å². The van der Waals surface area contributed by atoms with Gasteiger partial charge in [-0.25, -0.2) is 4.42 Å². The molecule has 1 aromatic heterocycles. The van der Waals surface area contributed by atoms with Gasteiger partial charge in [0.15, 0.2) is 17.8 Å². The molecule has 2 aromatic carbocycles. The van der Waals surface area contributed by atoms with Crippen LogP contribution in [-0.2, 0) is 18.9 Å². The number of hydrogen-bond acceptors (Lipinski definition) is 20. The average Bonchev–Trinajstić information content (AvgIpc) is 3.14. The lowest BCUT2D eigenvalue weighted by Crippen LogP contribution is -2.61. The zero-order valence-electron chi connectivity index (χ0n) is 28.1. The molecule has 3 fully saturated rings. The molecular formula is C33H41O21+. The molecule has 0 saturated carbocycles. The first kappa shape index (κ1) is 39.8. The Kier molecular flexibility index (Phi) is 11.5. The van der Waals surface area contributed by atoms with Gasteiger partial charge in [0.2, 0.25) is 24.1 Å². The highest BCUT2D eigenvalue weighted by molar-refractivity contribution is 5.88. The number of phenolic OH excluding ortho intramolecular Hbond substituents is 4. The van der Waals surface area contributed by atoms with Gasteiger partial charge in [-0.15, -0.1) is 0 Å². The van der Waals surface area contributed by atoms with Crippen LogP contribution in [0.25, 0.3) is 22.3 Å². The predicted octanol–water partition coefficient (Wildman–Crippen LogP) is -3.59. The Morgan fingerprint density at radius 2 is 1.17 bits per heavy atom. The fourth-order valence-electron chi connectivity index (χ4n) is 6.19. The van der Waals surface area contributed by atoms with Crippen molar-refractivity contribution in [1.29, 1.82) is 0 Å². The first-order valence-corrected chi connectivity index (χ1v) is 16.5. The van der Waals surface area contributed by atoms with Crippen molar-refractivity contribution in [3.63, 3.8) is 0 Å². The van der Waals surface area contributed by atoms with E-state index in [1.807, 2.05) is 0 Å². The van der Waals surface area contributed by atoms with Gasteiger partial charge in [-0.05, 0) is 6.92 Å². The largest absolute Gasteiger partial charge is 0.507 e. The van der Waals surface area contributed by atoms with Crippen LogP contribution in [0.5, 0.6) is 34.5 Å². The third-order valence-corrected chi connectivity index (χ3v) is 9.37. The number of benzene rings is 2. The molecule has 4 heterocycles. The Hall–Kier alpha value is -3.91. The number of aliphatic hydroxyl groups excluding tert-OH is 10. The summed E-state index contributed by atoms with van der Waals surface area (Å²) in [6, 6.07) is 5.21. The Morgan fingerprint density at radius 1 is 0.593 bits per heavy atom. The minimum Gasteiger partial charge on any atom is -0.507 e. The van der Waals surface area contributed by atoms with Crippen molar-refractivity contribution < 1.29 is 104 Å². The van der Waals surface area contributed by atoms with Crippen LogP contribution in [0.3, 0.4) is 0 Å². The minimum absolute atomic E-state index is 0.0728. The fraction of sp³-hybridized carbons (Fsp3) is 0.545. The van der Waals surface area contributed by atoms with Gasteiger partial charge < -0.3 is 99.9 Å². The predicted molar refractivity (Wildman–Crippen MR) is 173 cm³/mol. The maximum atomic E-state index is 10.9. The second kappa shape index (κ2) is 15.7. The van der Waals surface area contributed by atoms with Gasteiger partial charge in [0.25, 0.3) is 0 Å². The summed E-state index contributed by atoms with van der Waals surface area (Å²) in [5.41, 5.74) is -0.355. The lowest BCUT2D eigenvalue weighted by molar-refractivity contribution is -0.318. The number of rotatable bonds is 9. The highest BCUT2D eigenvalue weighted by Crippen LogP contribution is 2.46.